The lowest BCUT2D eigenvalue weighted by atomic mass is 10.3. The topological polar surface area (TPSA) is 99.9 Å². The van der Waals surface area contributed by atoms with Crippen molar-refractivity contribution in [2.75, 3.05) is 13.1 Å². The number of para-hydroxylation sites is 2. The Morgan fingerprint density at radius 1 is 1.33 bits per heavy atom. The van der Waals surface area contributed by atoms with Crippen LogP contribution in [0.25, 0.3) is 11.0 Å². The van der Waals surface area contributed by atoms with E-state index in [4.69, 9.17) is 4.52 Å². The Labute approximate surface area is 139 Å². The van der Waals surface area contributed by atoms with E-state index in [1.165, 1.54) is 0 Å². The lowest BCUT2D eigenvalue weighted by molar-refractivity contribution is 0.200. The van der Waals surface area contributed by atoms with Gasteiger partial charge in [0.25, 0.3) is 0 Å². The molecule has 0 radical (unpaired) electrons. The zero-order valence-electron chi connectivity index (χ0n) is 13.7. The summed E-state index contributed by atoms with van der Waals surface area (Å²) in [5, 5.41) is 6.55. The number of aromatic amines is 1. The smallest absolute Gasteiger partial charge is 0.317 e. The maximum atomic E-state index is 12.2. The third-order valence-electron chi connectivity index (χ3n) is 3.69. The van der Waals surface area contributed by atoms with Crippen molar-refractivity contribution < 1.29 is 9.32 Å². The van der Waals surface area contributed by atoms with E-state index < -0.39 is 0 Å². The third kappa shape index (κ3) is 3.70. The average Bonchev–Trinajstić information content (AvgIpc) is 3.18. The summed E-state index contributed by atoms with van der Waals surface area (Å²) in [5.41, 5.74) is 1.94. The first kappa shape index (κ1) is 16.0. The van der Waals surface area contributed by atoms with Crippen LogP contribution in [0.5, 0.6) is 0 Å². The van der Waals surface area contributed by atoms with Crippen LogP contribution >= 0.6 is 0 Å². The molecule has 0 bridgehead atoms. The van der Waals surface area contributed by atoms with E-state index in [1.807, 2.05) is 31.2 Å². The van der Waals surface area contributed by atoms with Crippen LogP contribution in [0.3, 0.4) is 0 Å². The molecule has 0 fully saturated rings. The summed E-state index contributed by atoms with van der Waals surface area (Å²) >= 11 is 0. The predicted molar refractivity (Wildman–Crippen MR) is 88.3 cm³/mol. The van der Waals surface area contributed by atoms with Gasteiger partial charge in [-0.1, -0.05) is 17.3 Å². The zero-order valence-corrected chi connectivity index (χ0v) is 13.7. The molecule has 24 heavy (non-hydrogen) atoms. The molecule has 3 aromatic rings. The molecular formula is C16H20N6O2. The fourth-order valence-corrected chi connectivity index (χ4v) is 2.45. The van der Waals surface area contributed by atoms with Crippen LogP contribution in [0, 0.1) is 6.92 Å². The van der Waals surface area contributed by atoms with Crippen molar-refractivity contribution in [3.8, 4) is 0 Å². The largest absolute Gasteiger partial charge is 0.342 e. The predicted octanol–water partition coefficient (Wildman–Crippen LogP) is 2.03. The van der Waals surface area contributed by atoms with Gasteiger partial charge in [-0.2, -0.15) is 4.98 Å². The molecule has 126 valence electrons. The van der Waals surface area contributed by atoms with E-state index >= 15 is 0 Å². The number of hydrogen-bond donors (Lipinski definition) is 2. The highest BCUT2D eigenvalue weighted by Crippen LogP contribution is 2.10. The Hall–Kier alpha value is -2.90. The van der Waals surface area contributed by atoms with E-state index in [-0.39, 0.29) is 12.6 Å². The van der Waals surface area contributed by atoms with Crippen LogP contribution in [-0.2, 0) is 13.0 Å². The summed E-state index contributed by atoms with van der Waals surface area (Å²) in [6, 6.07) is 7.72. The molecular weight excluding hydrogens is 308 g/mol. The fourth-order valence-electron chi connectivity index (χ4n) is 2.45. The quantitative estimate of drug-likeness (QED) is 0.721. The number of amides is 2. The number of likely N-dealkylation sites (N-methyl/N-ethyl adjacent to an activating group) is 1. The number of aromatic nitrogens is 4. The highest BCUT2D eigenvalue weighted by atomic mass is 16.5. The first-order valence-electron chi connectivity index (χ1n) is 7.91. The second-order valence-electron chi connectivity index (χ2n) is 5.42. The highest BCUT2D eigenvalue weighted by Gasteiger charge is 2.13. The van der Waals surface area contributed by atoms with Crippen molar-refractivity contribution in [3.63, 3.8) is 0 Å². The molecule has 0 spiro atoms. The summed E-state index contributed by atoms with van der Waals surface area (Å²) in [4.78, 5) is 25.8. The van der Waals surface area contributed by atoms with Gasteiger partial charge in [-0.15, -0.1) is 0 Å². The minimum Gasteiger partial charge on any atom is -0.342 e. The minimum absolute atomic E-state index is 0.156. The normalized spacial score (nSPS) is 10.9. The minimum atomic E-state index is -0.156. The van der Waals surface area contributed by atoms with Crippen molar-refractivity contribution in [1.82, 2.24) is 30.3 Å². The third-order valence-corrected chi connectivity index (χ3v) is 3.69. The average molecular weight is 328 g/mol. The summed E-state index contributed by atoms with van der Waals surface area (Å²) in [5.74, 6) is 1.82. The first-order chi connectivity index (χ1) is 11.7. The number of nitrogens with one attached hydrogen (secondary N) is 2. The number of hydrogen-bond acceptors (Lipinski definition) is 5. The monoisotopic (exact) mass is 328 g/mol. The Kier molecular flexibility index (Phi) is 4.74. The van der Waals surface area contributed by atoms with Gasteiger partial charge >= 0.3 is 6.03 Å². The number of rotatable bonds is 6. The molecule has 0 aliphatic rings. The number of carbonyl (C=O) groups is 1. The van der Waals surface area contributed by atoms with E-state index in [9.17, 15) is 4.79 Å². The number of nitrogens with zero attached hydrogens (tertiary/aromatic N) is 4. The molecule has 0 aliphatic heterocycles. The lowest BCUT2D eigenvalue weighted by Crippen LogP contribution is -2.40. The van der Waals surface area contributed by atoms with Gasteiger partial charge < -0.3 is 19.7 Å². The van der Waals surface area contributed by atoms with Crippen molar-refractivity contribution >= 4 is 17.1 Å². The second kappa shape index (κ2) is 7.12. The van der Waals surface area contributed by atoms with Crippen LogP contribution in [0.4, 0.5) is 4.79 Å². The van der Waals surface area contributed by atoms with Crippen molar-refractivity contribution in [3.05, 3.63) is 41.8 Å². The van der Waals surface area contributed by atoms with Gasteiger partial charge in [0.2, 0.25) is 5.89 Å². The number of imidazole rings is 1. The Bertz CT molecular complexity index is 792. The molecule has 2 amide bonds. The standard InChI is InChI=1S/C16H20N6O2/c1-3-22(16(23)17-10-15-18-11(2)24-21-15)9-8-14-19-12-6-4-5-7-13(12)20-14/h4-7H,3,8-10H2,1-2H3,(H,17,23)(H,19,20). The van der Waals surface area contributed by atoms with Gasteiger partial charge in [0, 0.05) is 26.4 Å². The summed E-state index contributed by atoms with van der Waals surface area (Å²) in [7, 11) is 0. The zero-order chi connectivity index (χ0) is 16.9. The van der Waals surface area contributed by atoms with Crippen LogP contribution in [0.15, 0.2) is 28.8 Å². The number of H-pyrrole nitrogens is 1. The van der Waals surface area contributed by atoms with Crippen LogP contribution < -0.4 is 5.32 Å². The molecule has 8 heteroatoms. The Balaban J connectivity index is 1.54. The Morgan fingerprint density at radius 3 is 2.88 bits per heavy atom. The maximum Gasteiger partial charge on any atom is 0.317 e. The maximum absolute atomic E-state index is 12.2. The molecule has 2 heterocycles. The van der Waals surface area contributed by atoms with E-state index in [2.05, 4.69) is 25.4 Å². The van der Waals surface area contributed by atoms with E-state index in [0.29, 0.717) is 31.2 Å². The van der Waals surface area contributed by atoms with Crippen LogP contribution in [-0.4, -0.2) is 44.1 Å². The molecule has 0 aliphatic carbocycles. The van der Waals surface area contributed by atoms with Gasteiger partial charge in [0.05, 0.1) is 17.6 Å². The van der Waals surface area contributed by atoms with Gasteiger partial charge in [0.15, 0.2) is 5.82 Å². The SMILES string of the molecule is CCN(CCc1nc2ccccc2[nH]1)C(=O)NCc1noc(C)n1. The van der Waals surface area contributed by atoms with Gasteiger partial charge in [-0.05, 0) is 19.1 Å². The number of aryl methyl sites for hydroxylation is 1. The van der Waals surface area contributed by atoms with E-state index in [1.54, 1.807) is 11.8 Å². The molecule has 3 rings (SSSR count). The van der Waals surface area contributed by atoms with Crippen molar-refractivity contribution in [1.29, 1.82) is 0 Å². The molecule has 2 N–H and O–H groups in total. The number of fused-ring (bicyclic) bond motifs is 1. The van der Waals surface area contributed by atoms with Gasteiger partial charge in [-0.3, -0.25) is 0 Å². The van der Waals surface area contributed by atoms with Gasteiger partial charge in [0.1, 0.15) is 5.82 Å². The van der Waals surface area contributed by atoms with Crippen LogP contribution in [0.2, 0.25) is 0 Å². The fraction of sp³-hybridized carbons (Fsp3) is 0.375. The van der Waals surface area contributed by atoms with Crippen molar-refractivity contribution in [2.24, 2.45) is 0 Å². The summed E-state index contributed by atoms with van der Waals surface area (Å²) in [6.45, 7) is 5.09. The first-order valence-corrected chi connectivity index (χ1v) is 7.91. The van der Waals surface area contributed by atoms with Gasteiger partial charge in [-0.25, -0.2) is 9.78 Å². The molecule has 1 aromatic carbocycles. The molecule has 2 aromatic heterocycles. The van der Waals surface area contributed by atoms with E-state index in [0.717, 1.165) is 16.9 Å². The molecule has 0 saturated heterocycles. The molecule has 0 unspecified atom stereocenters. The summed E-state index contributed by atoms with van der Waals surface area (Å²) in [6.07, 6.45) is 0.664. The Morgan fingerprint density at radius 2 is 2.17 bits per heavy atom. The highest BCUT2D eigenvalue weighted by molar-refractivity contribution is 5.75. The molecule has 0 saturated carbocycles. The molecule has 0 atom stereocenters. The van der Waals surface area contributed by atoms with Crippen molar-refractivity contribution in [2.45, 2.75) is 26.8 Å². The second-order valence-corrected chi connectivity index (χ2v) is 5.42. The number of urea groups is 1. The number of benzene rings is 1. The summed E-state index contributed by atoms with van der Waals surface area (Å²) < 4.78 is 4.88. The van der Waals surface area contributed by atoms with Crippen LogP contribution in [0.1, 0.15) is 24.5 Å². The molecule has 8 nitrogen and oxygen atoms in total. The number of carbonyl (C=O) groups excluding carboxylic acids is 1. The lowest BCUT2D eigenvalue weighted by Gasteiger charge is -2.20.